The fourth-order valence-corrected chi connectivity index (χ4v) is 3.06. The van der Waals surface area contributed by atoms with E-state index in [4.69, 9.17) is 4.74 Å². The molecule has 0 unspecified atom stereocenters. The van der Waals surface area contributed by atoms with Gasteiger partial charge in [-0.25, -0.2) is 5.43 Å². The van der Waals surface area contributed by atoms with Crippen molar-refractivity contribution in [2.24, 2.45) is 5.10 Å². The van der Waals surface area contributed by atoms with Gasteiger partial charge in [-0.3, -0.25) is 9.59 Å². The van der Waals surface area contributed by atoms with Gasteiger partial charge in [-0.15, -0.1) is 0 Å². The molecule has 3 aromatic rings. The number of ether oxygens (including phenoxy) is 1. The Balaban J connectivity index is 1.60. The summed E-state index contributed by atoms with van der Waals surface area (Å²) in [5, 5.41) is 6.38. The van der Waals surface area contributed by atoms with Gasteiger partial charge in [0.25, 0.3) is 0 Å². The Labute approximate surface area is 190 Å². The van der Waals surface area contributed by atoms with E-state index in [0.29, 0.717) is 23.6 Å². The van der Waals surface area contributed by atoms with Gasteiger partial charge in [-0.05, 0) is 48.0 Å². The number of rotatable bonds is 6. The van der Waals surface area contributed by atoms with Gasteiger partial charge in [0.15, 0.2) is 0 Å². The molecule has 0 spiro atoms. The van der Waals surface area contributed by atoms with Gasteiger partial charge < -0.3 is 10.1 Å². The lowest BCUT2D eigenvalue weighted by Crippen LogP contribution is -2.32. The Hall–Kier alpha value is -2.97. The van der Waals surface area contributed by atoms with Crippen LogP contribution in [0.25, 0.3) is 0 Å². The molecule has 152 valence electrons. The van der Waals surface area contributed by atoms with Crippen LogP contribution in [0.15, 0.2) is 86.8 Å². The molecule has 6 nitrogen and oxygen atoms in total. The van der Waals surface area contributed by atoms with Crippen LogP contribution in [0.1, 0.15) is 11.1 Å². The van der Waals surface area contributed by atoms with E-state index in [1.807, 2.05) is 36.4 Å². The van der Waals surface area contributed by atoms with Gasteiger partial charge in [-0.2, -0.15) is 5.10 Å². The van der Waals surface area contributed by atoms with Crippen molar-refractivity contribution in [1.82, 2.24) is 5.43 Å². The number of nitrogens with one attached hydrogen (secondary N) is 2. The monoisotopic (exact) mass is 529 g/mol. The number of nitrogens with zero attached hydrogens (tertiary/aromatic N) is 1. The van der Waals surface area contributed by atoms with Crippen molar-refractivity contribution in [1.29, 1.82) is 0 Å². The number of carbonyl (C=O) groups excluding carboxylic acids is 2. The zero-order chi connectivity index (χ0) is 21.3. The first-order chi connectivity index (χ1) is 14.5. The van der Waals surface area contributed by atoms with Crippen LogP contribution in [0.2, 0.25) is 0 Å². The lowest BCUT2D eigenvalue weighted by Gasteiger charge is -2.09. The van der Waals surface area contributed by atoms with E-state index < -0.39 is 11.8 Å². The van der Waals surface area contributed by atoms with Crippen LogP contribution in [0.3, 0.4) is 0 Å². The molecule has 0 aliphatic heterocycles. The first-order valence-corrected chi connectivity index (χ1v) is 10.5. The number of carbonyl (C=O) groups is 2. The Kier molecular flexibility index (Phi) is 7.75. The largest absolute Gasteiger partial charge is 0.488 e. The molecule has 2 amide bonds. The predicted molar refractivity (Wildman–Crippen MR) is 123 cm³/mol. The van der Waals surface area contributed by atoms with Gasteiger partial charge in [0, 0.05) is 20.2 Å². The third-order valence-electron chi connectivity index (χ3n) is 3.89. The van der Waals surface area contributed by atoms with Crippen molar-refractivity contribution in [3.63, 3.8) is 0 Å². The van der Waals surface area contributed by atoms with Crippen LogP contribution in [-0.4, -0.2) is 18.0 Å². The maximum atomic E-state index is 12.0. The van der Waals surface area contributed by atoms with Gasteiger partial charge in [0.05, 0.1) is 6.21 Å². The van der Waals surface area contributed by atoms with E-state index >= 15 is 0 Å². The van der Waals surface area contributed by atoms with Crippen molar-refractivity contribution >= 4 is 55.6 Å². The fraction of sp³-hybridized carbons (Fsp3) is 0.0455. The number of anilines is 1. The normalized spacial score (nSPS) is 10.6. The zero-order valence-electron chi connectivity index (χ0n) is 15.6. The maximum Gasteiger partial charge on any atom is 0.329 e. The van der Waals surface area contributed by atoms with Crippen LogP contribution in [0, 0.1) is 0 Å². The van der Waals surface area contributed by atoms with E-state index in [0.717, 1.165) is 14.5 Å². The molecule has 30 heavy (non-hydrogen) atoms. The molecule has 0 heterocycles. The molecule has 0 aromatic heterocycles. The molecule has 0 aliphatic carbocycles. The fourth-order valence-electron chi connectivity index (χ4n) is 2.42. The number of benzene rings is 3. The van der Waals surface area contributed by atoms with Gasteiger partial charge >= 0.3 is 11.8 Å². The van der Waals surface area contributed by atoms with Crippen molar-refractivity contribution in [3.05, 3.63) is 92.9 Å². The molecule has 0 bridgehead atoms. The quantitative estimate of drug-likeness (QED) is 0.271. The SMILES string of the molecule is O=C(N/N=C/c1cc(Br)ccc1OCc1ccccc1)C(=O)Nc1ccc(Br)cc1. The van der Waals surface area contributed by atoms with Crippen LogP contribution in [-0.2, 0) is 16.2 Å². The smallest absolute Gasteiger partial charge is 0.329 e. The van der Waals surface area contributed by atoms with Crippen LogP contribution in [0.4, 0.5) is 5.69 Å². The summed E-state index contributed by atoms with van der Waals surface area (Å²) in [6.45, 7) is 0.394. The van der Waals surface area contributed by atoms with Crippen LogP contribution in [0.5, 0.6) is 5.75 Å². The van der Waals surface area contributed by atoms with E-state index in [1.165, 1.54) is 6.21 Å². The summed E-state index contributed by atoms with van der Waals surface area (Å²) in [5.41, 5.74) is 4.40. The van der Waals surface area contributed by atoms with Gasteiger partial charge in [-0.1, -0.05) is 62.2 Å². The minimum atomic E-state index is -0.879. The third-order valence-corrected chi connectivity index (χ3v) is 4.91. The molecule has 3 rings (SSSR count). The molecular formula is C22H17Br2N3O3. The molecule has 0 atom stereocenters. The molecule has 3 aromatic carbocycles. The number of hydrogen-bond acceptors (Lipinski definition) is 4. The molecule has 0 radical (unpaired) electrons. The van der Waals surface area contributed by atoms with E-state index in [2.05, 4.69) is 47.7 Å². The molecule has 2 N–H and O–H groups in total. The third kappa shape index (κ3) is 6.53. The van der Waals surface area contributed by atoms with Gasteiger partial charge in [0.1, 0.15) is 12.4 Å². The Morgan fingerprint density at radius 2 is 1.60 bits per heavy atom. The van der Waals surface area contributed by atoms with Crippen molar-refractivity contribution in [2.45, 2.75) is 6.61 Å². The second-order valence-corrected chi connectivity index (χ2v) is 7.95. The first kappa shape index (κ1) is 21.7. The average molecular weight is 531 g/mol. The lowest BCUT2D eigenvalue weighted by atomic mass is 10.2. The number of hydrazone groups is 1. The Bertz CT molecular complexity index is 1050. The highest BCUT2D eigenvalue weighted by Crippen LogP contribution is 2.23. The van der Waals surface area contributed by atoms with Crippen molar-refractivity contribution in [2.75, 3.05) is 5.32 Å². The summed E-state index contributed by atoms with van der Waals surface area (Å²) < 4.78 is 7.56. The Morgan fingerprint density at radius 1 is 0.900 bits per heavy atom. The molecule has 8 heteroatoms. The van der Waals surface area contributed by atoms with Crippen molar-refractivity contribution in [3.8, 4) is 5.75 Å². The minimum Gasteiger partial charge on any atom is -0.488 e. The summed E-state index contributed by atoms with van der Waals surface area (Å²) in [7, 11) is 0. The second kappa shape index (κ2) is 10.7. The topological polar surface area (TPSA) is 79.8 Å². The second-order valence-electron chi connectivity index (χ2n) is 6.12. The highest BCUT2D eigenvalue weighted by Gasteiger charge is 2.13. The number of halogens is 2. The summed E-state index contributed by atoms with van der Waals surface area (Å²) in [6.07, 6.45) is 1.43. The van der Waals surface area contributed by atoms with E-state index in [1.54, 1.807) is 36.4 Å². The van der Waals surface area contributed by atoms with Crippen LogP contribution < -0.4 is 15.5 Å². The molecule has 0 aliphatic rings. The molecule has 0 fully saturated rings. The Morgan fingerprint density at radius 3 is 2.33 bits per heavy atom. The summed E-state index contributed by atoms with van der Waals surface area (Å²) in [5.74, 6) is -1.10. The summed E-state index contributed by atoms with van der Waals surface area (Å²) in [6, 6.07) is 22.1. The zero-order valence-corrected chi connectivity index (χ0v) is 18.8. The van der Waals surface area contributed by atoms with Gasteiger partial charge in [0.2, 0.25) is 0 Å². The lowest BCUT2D eigenvalue weighted by molar-refractivity contribution is -0.136. The highest BCUT2D eigenvalue weighted by atomic mass is 79.9. The highest BCUT2D eigenvalue weighted by molar-refractivity contribution is 9.10. The first-order valence-electron chi connectivity index (χ1n) is 8.87. The van der Waals surface area contributed by atoms with E-state index in [-0.39, 0.29) is 0 Å². The van der Waals surface area contributed by atoms with Crippen LogP contribution >= 0.6 is 31.9 Å². The van der Waals surface area contributed by atoms with E-state index in [9.17, 15) is 9.59 Å². The summed E-state index contributed by atoms with van der Waals surface area (Å²) >= 11 is 6.71. The average Bonchev–Trinajstić information content (AvgIpc) is 2.75. The molecular weight excluding hydrogens is 514 g/mol. The maximum absolute atomic E-state index is 12.0. The predicted octanol–water partition coefficient (Wildman–Crippen LogP) is 4.88. The summed E-state index contributed by atoms with van der Waals surface area (Å²) in [4.78, 5) is 24.0. The number of hydrogen-bond donors (Lipinski definition) is 2. The molecule has 0 saturated carbocycles. The number of amides is 2. The standard InChI is InChI=1S/C22H17Br2N3O3/c23-17-6-9-19(10-7-17)26-21(28)22(29)27-25-13-16-12-18(24)8-11-20(16)30-14-15-4-2-1-3-5-15/h1-13H,14H2,(H,26,28)(H,27,29)/b25-13+. The van der Waals surface area contributed by atoms with Crippen molar-refractivity contribution < 1.29 is 14.3 Å². The minimum absolute atomic E-state index is 0.394. The molecule has 0 saturated heterocycles.